The van der Waals surface area contributed by atoms with Crippen LogP contribution in [0.2, 0.25) is 0 Å². The molecule has 0 bridgehead atoms. The third kappa shape index (κ3) is 9.06. The van der Waals surface area contributed by atoms with Crippen LogP contribution in [0.5, 0.6) is 5.75 Å². The topological polar surface area (TPSA) is 138 Å². The second-order valence-corrected chi connectivity index (χ2v) is 12.8. The molecule has 2 aliphatic rings. The number of aryl methyl sites for hydroxylation is 1. The van der Waals surface area contributed by atoms with Crippen molar-refractivity contribution in [2.45, 2.75) is 58.5 Å². The molecule has 0 saturated carbocycles. The summed E-state index contributed by atoms with van der Waals surface area (Å²) < 4.78 is 39.3. The zero-order chi connectivity index (χ0) is 30.8. The Morgan fingerprint density at radius 1 is 1.16 bits per heavy atom. The van der Waals surface area contributed by atoms with Crippen LogP contribution in [0, 0.1) is 12.3 Å². The van der Waals surface area contributed by atoms with Gasteiger partial charge in [0.2, 0.25) is 10.0 Å². The maximum absolute atomic E-state index is 13.4. The summed E-state index contributed by atoms with van der Waals surface area (Å²) in [5.74, 6) is 0.333. The van der Waals surface area contributed by atoms with Gasteiger partial charge in [0.15, 0.2) is 5.75 Å². The van der Waals surface area contributed by atoms with Crippen LogP contribution in [0.1, 0.15) is 62.1 Å². The first-order chi connectivity index (χ1) is 20.7. The van der Waals surface area contributed by atoms with Gasteiger partial charge in [-0.3, -0.25) is 19.5 Å². The van der Waals surface area contributed by atoms with E-state index in [9.17, 15) is 13.2 Å². The van der Waals surface area contributed by atoms with E-state index in [1.54, 1.807) is 55.5 Å². The van der Waals surface area contributed by atoms with E-state index >= 15 is 0 Å². The number of likely N-dealkylation sites (tertiary alicyclic amines) is 1. The number of benzene rings is 2. The van der Waals surface area contributed by atoms with Gasteiger partial charge in [-0.2, -0.15) is 0 Å². The van der Waals surface area contributed by atoms with E-state index in [-0.39, 0.29) is 25.1 Å². The number of anilines is 1. The average molecular weight is 610 g/mol. The Morgan fingerprint density at radius 2 is 1.95 bits per heavy atom. The molecule has 2 aromatic carbocycles. The number of hydrogen-bond acceptors (Lipinski definition) is 8. The molecule has 10 nitrogen and oxygen atoms in total. The number of nitrogens with two attached hydrogens (primary N) is 1. The molecule has 2 aromatic rings. The molecule has 0 aromatic heterocycles. The van der Waals surface area contributed by atoms with Gasteiger partial charge in [-0.25, -0.2) is 8.42 Å². The van der Waals surface area contributed by atoms with Gasteiger partial charge in [0.05, 0.1) is 24.7 Å². The number of carbonyl (C=O) groups is 1. The summed E-state index contributed by atoms with van der Waals surface area (Å²) in [5.41, 5.74) is 8.18. The first-order valence-corrected chi connectivity index (χ1v) is 16.6. The number of ether oxygens (including phenoxy) is 2. The van der Waals surface area contributed by atoms with Gasteiger partial charge in [0, 0.05) is 44.5 Å². The molecule has 0 radical (unpaired) electrons. The summed E-state index contributed by atoms with van der Waals surface area (Å²) in [6.45, 7) is 6.38. The molecular weight excluding hydrogens is 566 g/mol. The Kier molecular flexibility index (Phi) is 11.2. The largest absolute Gasteiger partial charge is 0.490 e. The lowest BCUT2D eigenvalue weighted by molar-refractivity contribution is -0.139. The van der Waals surface area contributed by atoms with Crippen molar-refractivity contribution in [2.24, 2.45) is 10.7 Å². The number of nitrogen functional groups attached to an aromatic ring is 1. The second-order valence-electron chi connectivity index (χ2n) is 10.9. The Bertz CT molecular complexity index is 1450. The third-order valence-electron chi connectivity index (χ3n) is 7.62. The number of sulfonamides is 1. The van der Waals surface area contributed by atoms with Crippen molar-refractivity contribution >= 4 is 39.4 Å². The van der Waals surface area contributed by atoms with Crippen molar-refractivity contribution in [3.05, 3.63) is 65.2 Å². The Balaban J connectivity index is 1.47. The molecule has 11 heteroatoms. The van der Waals surface area contributed by atoms with Crippen LogP contribution in [0.3, 0.4) is 0 Å². The summed E-state index contributed by atoms with van der Waals surface area (Å²) in [4.78, 5) is 19.4. The number of amidine groups is 2. The van der Waals surface area contributed by atoms with Gasteiger partial charge in [0.1, 0.15) is 17.7 Å². The standard InChI is InChI=1S/C32H43N5O5S/c1-3-41-31(38)23-43(39,40)37(18-8-10-25-9-7-11-26(22-25)32(33)34)27-13-14-29(24(2)21-27)42-28-15-19-36(20-16-28)30-12-5-4-6-17-35-30/h7-11,13-14,21-22,28H,3-6,12,15-20,23H2,1-2H3,(H3,33,34). The van der Waals surface area contributed by atoms with E-state index in [0.29, 0.717) is 17.0 Å². The number of nitrogens with one attached hydrogen (secondary N) is 1. The van der Waals surface area contributed by atoms with Crippen molar-refractivity contribution < 1.29 is 22.7 Å². The Morgan fingerprint density at radius 3 is 2.67 bits per heavy atom. The van der Waals surface area contributed by atoms with Crippen LogP contribution in [0.4, 0.5) is 5.69 Å². The molecule has 0 unspecified atom stereocenters. The van der Waals surface area contributed by atoms with Crippen molar-refractivity contribution in [2.75, 3.05) is 42.8 Å². The first kappa shape index (κ1) is 32.1. The van der Waals surface area contributed by atoms with Crippen molar-refractivity contribution in [3.8, 4) is 5.75 Å². The second kappa shape index (κ2) is 15.0. The summed E-state index contributed by atoms with van der Waals surface area (Å²) in [5, 5.41) is 7.65. The molecule has 232 valence electrons. The van der Waals surface area contributed by atoms with Crippen LogP contribution >= 0.6 is 0 Å². The SMILES string of the molecule is CCOC(=O)CS(=O)(=O)N(CC=Cc1cccc(C(=N)N)c1)c1ccc(OC2CCN(C3=NCCCCC3)CC2)c(C)c1. The number of carbonyl (C=O) groups excluding carboxylic acids is 1. The minimum absolute atomic E-state index is 0.00593. The van der Waals surface area contributed by atoms with E-state index in [2.05, 4.69) is 4.90 Å². The van der Waals surface area contributed by atoms with E-state index in [0.717, 1.165) is 50.0 Å². The highest BCUT2D eigenvalue weighted by molar-refractivity contribution is 7.93. The van der Waals surface area contributed by atoms with Crippen LogP contribution in [-0.4, -0.2) is 75.6 Å². The van der Waals surface area contributed by atoms with E-state index in [1.807, 2.05) is 13.0 Å². The molecule has 4 rings (SSSR count). The predicted octanol–water partition coefficient (Wildman–Crippen LogP) is 4.51. The molecule has 2 heterocycles. The lowest BCUT2D eigenvalue weighted by Gasteiger charge is -2.34. The van der Waals surface area contributed by atoms with Gasteiger partial charge >= 0.3 is 5.97 Å². The number of aliphatic imine (C=N–C) groups is 1. The van der Waals surface area contributed by atoms with Crippen LogP contribution < -0.4 is 14.8 Å². The number of nitrogens with zero attached hydrogens (tertiary/aromatic N) is 3. The summed E-state index contributed by atoms with van der Waals surface area (Å²) >= 11 is 0. The normalized spacial score (nSPS) is 16.4. The van der Waals surface area contributed by atoms with Crippen molar-refractivity contribution in [1.82, 2.24) is 4.90 Å². The fraction of sp³-hybridized carbons (Fsp3) is 0.469. The molecule has 0 atom stereocenters. The molecule has 0 aliphatic carbocycles. The number of esters is 1. The lowest BCUT2D eigenvalue weighted by Crippen LogP contribution is -2.41. The van der Waals surface area contributed by atoms with Crippen LogP contribution in [-0.2, 0) is 19.6 Å². The molecule has 1 saturated heterocycles. The van der Waals surface area contributed by atoms with Crippen molar-refractivity contribution in [3.63, 3.8) is 0 Å². The highest BCUT2D eigenvalue weighted by Gasteiger charge is 2.27. The molecule has 2 aliphatic heterocycles. The zero-order valence-corrected chi connectivity index (χ0v) is 25.9. The summed E-state index contributed by atoms with van der Waals surface area (Å²) in [6, 6.07) is 12.4. The van der Waals surface area contributed by atoms with Crippen molar-refractivity contribution in [1.29, 1.82) is 5.41 Å². The number of rotatable bonds is 11. The van der Waals surface area contributed by atoms with E-state index < -0.39 is 21.7 Å². The minimum Gasteiger partial charge on any atom is -0.490 e. The molecule has 0 amide bonds. The van der Waals surface area contributed by atoms with Gasteiger partial charge in [0.25, 0.3) is 0 Å². The van der Waals surface area contributed by atoms with Gasteiger partial charge in [-0.05, 0) is 62.1 Å². The molecule has 0 spiro atoms. The monoisotopic (exact) mass is 609 g/mol. The fourth-order valence-electron chi connectivity index (χ4n) is 5.35. The van der Waals surface area contributed by atoms with Gasteiger partial charge < -0.3 is 20.1 Å². The minimum atomic E-state index is -4.05. The van der Waals surface area contributed by atoms with Crippen LogP contribution in [0.15, 0.2) is 53.5 Å². The average Bonchev–Trinajstić information content (AvgIpc) is 3.26. The van der Waals surface area contributed by atoms with E-state index in [1.165, 1.54) is 29.4 Å². The highest BCUT2D eigenvalue weighted by Crippen LogP contribution is 2.29. The number of piperidine rings is 1. The Hall–Kier alpha value is -3.86. The quantitative estimate of drug-likeness (QED) is 0.217. The highest BCUT2D eigenvalue weighted by atomic mass is 32.2. The Labute approximate surface area is 255 Å². The van der Waals surface area contributed by atoms with Crippen LogP contribution in [0.25, 0.3) is 6.08 Å². The summed E-state index contributed by atoms with van der Waals surface area (Å²) in [7, 11) is -4.05. The fourth-order valence-corrected chi connectivity index (χ4v) is 6.64. The third-order valence-corrected chi connectivity index (χ3v) is 9.25. The first-order valence-electron chi connectivity index (χ1n) is 15.0. The summed E-state index contributed by atoms with van der Waals surface area (Å²) in [6.07, 6.45) is 10.0. The van der Waals surface area contributed by atoms with E-state index in [4.69, 9.17) is 25.6 Å². The predicted molar refractivity (Wildman–Crippen MR) is 171 cm³/mol. The van der Waals surface area contributed by atoms with Gasteiger partial charge in [-0.15, -0.1) is 0 Å². The lowest BCUT2D eigenvalue weighted by atomic mass is 10.1. The van der Waals surface area contributed by atoms with Gasteiger partial charge in [-0.1, -0.05) is 36.8 Å². The number of hydrogen-bond donors (Lipinski definition) is 2. The maximum Gasteiger partial charge on any atom is 0.323 e. The molecular formula is C32H43N5O5S. The molecule has 43 heavy (non-hydrogen) atoms. The molecule has 3 N–H and O–H groups in total. The maximum atomic E-state index is 13.4. The zero-order valence-electron chi connectivity index (χ0n) is 25.1. The smallest absolute Gasteiger partial charge is 0.323 e. The molecule has 1 fully saturated rings.